The predicted octanol–water partition coefficient (Wildman–Crippen LogP) is 4.98. The van der Waals surface area contributed by atoms with Crippen molar-refractivity contribution in [3.8, 4) is 11.3 Å². The van der Waals surface area contributed by atoms with Gasteiger partial charge in [-0.1, -0.05) is 54.6 Å². The van der Waals surface area contributed by atoms with E-state index in [1.807, 2.05) is 37.5 Å². The van der Waals surface area contributed by atoms with Crippen LogP contribution in [0.4, 0.5) is 0 Å². The number of aromatic nitrogens is 1. The Morgan fingerprint density at radius 1 is 1.06 bits per heavy atom. The summed E-state index contributed by atoms with van der Waals surface area (Å²) in [5.74, 6) is 1.49. The summed E-state index contributed by atoms with van der Waals surface area (Å²) in [6.07, 6.45) is 2.96. The van der Waals surface area contributed by atoms with E-state index in [1.165, 1.54) is 11.1 Å². The molecule has 1 atom stereocenters. The first kappa shape index (κ1) is 24.2. The summed E-state index contributed by atoms with van der Waals surface area (Å²) in [5.41, 5.74) is 4.56. The first-order valence-corrected chi connectivity index (χ1v) is 10.9. The van der Waals surface area contributed by atoms with Gasteiger partial charge in [0.05, 0.1) is 18.9 Å². The molecule has 0 saturated carbocycles. The Bertz CT molecular complexity index is 981. The molecule has 6 heteroatoms. The molecule has 0 aliphatic carbocycles. The van der Waals surface area contributed by atoms with Crippen molar-refractivity contribution >= 4 is 29.9 Å². The first-order valence-electron chi connectivity index (χ1n) is 10.9. The lowest BCUT2D eigenvalue weighted by atomic mass is 10.1. The summed E-state index contributed by atoms with van der Waals surface area (Å²) < 4.78 is 5.96. The summed E-state index contributed by atoms with van der Waals surface area (Å²) in [4.78, 5) is 11.3. The second-order valence-electron chi connectivity index (χ2n) is 7.92. The molecule has 1 saturated heterocycles. The third kappa shape index (κ3) is 6.77. The number of nitrogens with zero attached hydrogens (tertiary/aromatic N) is 3. The van der Waals surface area contributed by atoms with Crippen LogP contribution in [-0.4, -0.2) is 42.6 Å². The van der Waals surface area contributed by atoms with E-state index in [1.54, 1.807) is 0 Å². The van der Waals surface area contributed by atoms with Gasteiger partial charge in [0.15, 0.2) is 5.96 Å². The van der Waals surface area contributed by atoms with Crippen LogP contribution in [0.15, 0.2) is 84.0 Å². The average Bonchev–Trinajstić information content (AvgIpc) is 3.30. The SMILES string of the molecule is CN=C(NCc1cccc(-c2ccccn2)c1)N1CCC(COCc2ccccc2)C1.I. The quantitative estimate of drug-likeness (QED) is 0.260. The standard InChI is InChI=1S/C26H30N4O.HI/c1-27-26(29-17-22-10-7-11-24(16-22)25-12-5-6-14-28-25)30-15-13-23(18-30)20-31-19-21-8-3-2-4-9-21;/h2-12,14,16,23H,13,15,17-20H2,1H3,(H,27,29);1H. The Morgan fingerprint density at radius 2 is 1.88 bits per heavy atom. The highest BCUT2D eigenvalue weighted by atomic mass is 127. The van der Waals surface area contributed by atoms with Crippen molar-refractivity contribution < 1.29 is 4.74 Å². The highest BCUT2D eigenvalue weighted by molar-refractivity contribution is 14.0. The fraction of sp³-hybridized carbons (Fsp3) is 0.308. The zero-order valence-corrected chi connectivity index (χ0v) is 20.8. The summed E-state index contributed by atoms with van der Waals surface area (Å²) in [6.45, 7) is 4.18. The zero-order chi connectivity index (χ0) is 21.3. The van der Waals surface area contributed by atoms with Crippen molar-refractivity contribution in [3.05, 3.63) is 90.1 Å². The van der Waals surface area contributed by atoms with Crippen molar-refractivity contribution in [1.82, 2.24) is 15.2 Å². The number of nitrogens with one attached hydrogen (secondary N) is 1. The highest BCUT2D eigenvalue weighted by Gasteiger charge is 2.25. The molecule has 1 aromatic heterocycles. The van der Waals surface area contributed by atoms with Crippen LogP contribution in [0, 0.1) is 5.92 Å². The summed E-state index contributed by atoms with van der Waals surface area (Å²) in [7, 11) is 1.85. The second-order valence-corrected chi connectivity index (χ2v) is 7.92. The van der Waals surface area contributed by atoms with E-state index >= 15 is 0 Å². The third-order valence-electron chi connectivity index (χ3n) is 5.60. The minimum atomic E-state index is 0. The van der Waals surface area contributed by atoms with Crippen LogP contribution in [0.2, 0.25) is 0 Å². The second kappa shape index (κ2) is 12.6. The van der Waals surface area contributed by atoms with Gasteiger partial charge in [0.2, 0.25) is 0 Å². The van der Waals surface area contributed by atoms with Crippen molar-refractivity contribution in [2.75, 3.05) is 26.7 Å². The van der Waals surface area contributed by atoms with Crippen LogP contribution in [0.5, 0.6) is 0 Å². The summed E-state index contributed by atoms with van der Waals surface area (Å²) in [6, 6.07) is 24.9. The lowest BCUT2D eigenvalue weighted by molar-refractivity contribution is 0.0906. The number of pyridine rings is 1. The largest absolute Gasteiger partial charge is 0.376 e. The van der Waals surface area contributed by atoms with E-state index < -0.39 is 0 Å². The van der Waals surface area contributed by atoms with E-state index in [-0.39, 0.29) is 24.0 Å². The van der Waals surface area contributed by atoms with Gasteiger partial charge in [0.1, 0.15) is 0 Å². The number of benzene rings is 2. The number of ether oxygens (including phenoxy) is 1. The molecule has 0 amide bonds. The molecule has 1 aliphatic rings. The molecule has 5 nitrogen and oxygen atoms in total. The Labute approximate surface area is 208 Å². The molecule has 4 rings (SSSR count). The minimum Gasteiger partial charge on any atom is -0.376 e. The fourth-order valence-corrected chi connectivity index (χ4v) is 3.97. The average molecular weight is 542 g/mol. The van der Waals surface area contributed by atoms with Gasteiger partial charge in [-0.3, -0.25) is 9.98 Å². The lowest BCUT2D eigenvalue weighted by Crippen LogP contribution is -2.39. The monoisotopic (exact) mass is 542 g/mol. The molecule has 0 spiro atoms. The lowest BCUT2D eigenvalue weighted by Gasteiger charge is -2.22. The van der Waals surface area contributed by atoms with Gasteiger partial charge in [0, 0.05) is 44.4 Å². The van der Waals surface area contributed by atoms with Gasteiger partial charge >= 0.3 is 0 Å². The van der Waals surface area contributed by atoms with E-state index in [4.69, 9.17) is 4.74 Å². The molecule has 1 N–H and O–H groups in total. The van der Waals surface area contributed by atoms with Crippen molar-refractivity contribution in [2.45, 2.75) is 19.6 Å². The van der Waals surface area contributed by atoms with E-state index in [0.29, 0.717) is 12.5 Å². The molecule has 2 heterocycles. The highest BCUT2D eigenvalue weighted by Crippen LogP contribution is 2.19. The molecule has 0 bridgehead atoms. The zero-order valence-electron chi connectivity index (χ0n) is 18.5. The molecular weight excluding hydrogens is 511 g/mol. The Balaban J connectivity index is 0.00000289. The van der Waals surface area contributed by atoms with Crippen molar-refractivity contribution in [3.63, 3.8) is 0 Å². The fourth-order valence-electron chi connectivity index (χ4n) is 3.97. The molecule has 168 valence electrons. The molecule has 1 unspecified atom stereocenters. The molecule has 32 heavy (non-hydrogen) atoms. The maximum Gasteiger partial charge on any atom is 0.193 e. The van der Waals surface area contributed by atoms with E-state index in [2.05, 4.69) is 68.7 Å². The summed E-state index contributed by atoms with van der Waals surface area (Å²) in [5, 5.41) is 3.52. The van der Waals surface area contributed by atoms with Gasteiger partial charge in [-0.15, -0.1) is 24.0 Å². The topological polar surface area (TPSA) is 49.8 Å². The van der Waals surface area contributed by atoms with Gasteiger partial charge in [-0.2, -0.15) is 0 Å². The van der Waals surface area contributed by atoms with Crippen LogP contribution in [0.3, 0.4) is 0 Å². The Kier molecular flexibility index (Phi) is 9.49. The van der Waals surface area contributed by atoms with Gasteiger partial charge in [0.25, 0.3) is 0 Å². The number of rotatable bonds is 7. The van der Waals surface area contributed by atoms with Gasteiger partial charge in [-0.25, -0.2) is 0 Å². The van der Waals surface area contributed by atoms with Crippen LogP contribution in [0.1, 0.15) is 17.5 Å². The van der Waals surface area contributed by atoms with Crippen LogP contribution in [0.25, 0.3) is 11.3 Å². The molecular formula is C26H31IN4O. The number of guanidine groups is 1. The summed E-state index contributed by atoms with van der Waals surface area (Å²) >= 11 is 0. The van der Waals surface area contributed by atoms with Gasteiger partial charge in [-0.05, 0) is 35.7 Å². The first-order chi connectivity index (χ1) is 15.3. The Morgan fingerprint density at radius 3 is 2.66 bits per heavy atom. The van der Waals surface area contributed by atoms with E-state index in [0.717, 1.165) is 49.9 Å². The number of hydrogen-bond acceptors (Lipinski definition) is 3. The molecule has 0 radical (unpaired) electrons. The number of halogens is 1. The maximum atomic E-state index is 5.96. The number of aliphatic imine (C=N–C) groups is 1. The molecule has 1 fully saturated rings. The predicted molar refractivity (Wildman–Crippen MR) is 141 cm³/mol. The third-order valence-corrected chi connectivity index (χ3v) is 5.60. The molecule has 1 aliphatic heterocycles. The molecule has 3 aromatic rings. The van der Waals surface area contributed by atoms with E-state index in [9.17, 15) is 0 Å². The number of likely N-dealkylation sites (tertiary alicyclic amines) is 1. The maximum absolute atomic E-state index is 5.96. The van der Waals surface area contributed by atoms with Crippen LogP contribution < -0.4 is 5.32 Å². The minimum absolute atomic E-state index is 0. The molecule has 2 aromatic carbocycles. The Hall–Kier alpha value is -2.45. The van der Waals surface area contributed by atoms with Gasteiger partial charge < -0.3 is 15.0 Å². The number of hydrogen-bond donors (Lipinski definition) is 1. The van der Waals surface area contributed by atoms with Crippen molar-refractivity contribution in [1.29, 1.82) is 0 Å². The van der Waals surface area contributed by atoms with Crippen LogP contribution >= 0.6 is 24.0 Å². The smallest absolute Gasteiger partial charge is 0.193 e. The normalized spacial score (nSPS) is 16.0. The van der Waals surface area contributed by atoms with Crippen molar-refractivity contribution in [2.24, 2.45) is 10.9 Å². The van der Waals surface area contributed by atoms with Crippen LogP contribution in [-0.2, 0) is 17.9 Å².